The number of benzene rings is 1. The Kier molecular flexibility index (Phi) is 4.77. The maximum Gasteiger partial charge on any atom is 0.296 e. The lowest BCUT2D eigenvalue weighted by molar-refractivity contribution is -0.0566. The molecule has 1 amide bonds. The normalized spacial score (nSPS) is 15.4. The van der Waals surface area contributed by atoms with Crippen LogP contribution in [0.2, 0.25) is 5.02 Å². The van der Waals surface area contributed by atoms with Crippen molar-refractivity contribution >= 4 is 17.5 Å². The zero-order valence-electron chi connectivity index (χ0n) is 14.8. The fourth-order valence-corrected chi connectivity index (χ4v) is 3.12. The molecule has 0 saturated carbocycles. The van der Waals surface area contributed by atoms with Gasteiger partial charge in [0.25, 0.3) is 11.5 Å². The molecule has 2 N–H and O–H groups in total. The largest absolute Gasteiger partial charge is 0.501 e. The van der Waals surface area contributed by atoms with Gasteiger partial charge in [-0.25, -0.2) is 4.98 Å². The van der Waals surface area contributed by atoms with E-state index in [1.165, 1.54) is 4.57 Å². The molecule has 8 heteroatoms. The molecule has 0 atom stereocenters. The Balaban J connectivity index is 1.92. The lowest BCUT2D eigenvalue weighted by Gasteiger charge is -2.32. The first-order chi connectivity index (χ1) is 12.2. The van der Waals surface area contributed by atoms with Gasteiger partial charge in [0.05, 0.1) is 13.2 Å². The summed E-state index contributed by atoms with van der Waals surface area (Å²) in [6.07, 6.45) is 0. The van der Waals surface area contributed by atoms with Crippen molar-refractivity contribution in [3.05, 3.63) is 56.2 Å². The predicted octanol–water partition coefficient (Wildman–Crippen LogP) is 2.11. The molecule has 7 nitrogen and oxygen atoms in total. The molecule has 26 heavy (non-hydrogen) atoms. The number of amides is 1. The van der Waals surface area contributed by atoms with Gasteiger partial charge in [-0.1, -0.05) is 23.7 Å². The standard InChI is InChI=1S/C18H20ClN3O4/c1-10-11(5-4-6-12(10)19)9-20-15(24)13-14(23)16(25)22-7-8-26-18(2,3)17(22)21-13/h4-6,23H,7-9H2,1-3H3,(H,20,24). The highest BCUT2D eigenvalue weighted by atomic mass is 35.5. The average molecular weight is 378 g/mol. The Labute approximate surface area is 155 Å². The van der Waals surface area contributed by atoms with Gasteiger partial charge in [0.1, 0.15) is 11.4 Å². The monoisotopic (exact) mass is 377 g/mol. The molecule has 1 aromatic carbocycles. The third kappa shape index (κ3) is 3.20. The highest BCUT2D eigenvalue weighted by molar-refractivity contribution is 6.31. The SMILES string of the molecule is Cc1c(Cl)cccc1CNC(=O)c1nc2n(c(=O)c1O)CCOC2(C)C. The summed E-state index contributed by atoms with van der Waals surface area (Å²) in [5.41, 5.74) is -0.0886. The van der Waals surface area contributed by atoms with E-state index >= 15 is 0 Å². The minimum Gasteiger partial charge on any atom is -0.501 e. The first-order valence-corrected chi connectivity index (χ1v) is 8.60. The maximum atomic E-state index is 12.5. The number of carbonyl (C=O) groups is 1. The van der Waals surface area contributed by atoms with Crippen LogP contribution in [0.4, 0.5) is 0 Å². The minimum atomic E-state index is -0.830. The Morgan fingerprint density at radius 1 is 1.46 bits per heavy atom. The molecule has 0 fully saturated rings. The summed E-state index contributed by atoms with van der Waals surface area (Å²) in [6.45, 7) is 6.19. The van der Waals surface area contributed by atoms with E-state index in [0.29, 0.717) is 17.5 Å². The van der Waals surface area contributed by atoms with Crippen molar-refractivity contribution in [3.8, 4) is 5.75 Å². The number of hydrogen-bond acceptors (Lipinski definition) is 5. The molecule has 1 aliphatic rings. The number of rotatable bonds is 3. The van der Waals surface area contributed by atoms with Gasteiger partial charge in [-0.2, -0.15) is 0 Å². The van der Waals surface area contributed by atoms with Gasteiger partial charge in [-0.05, 0) is 38.0 Å². The molecule has 0 aliphatic carbocycles. The van der Waals surface area contributed by atoms with E-state index in [2.05, 4.69) is 10.3 Å². The van der Waals surface area contributed by atoms with Crippen LogP contribution in [0.15, 0.2) is 23.0 Å². The molecule has 2 aromatic rings. The number of halogens is 1. The Morgan fingerprint density at radius 3 is 2.92 bits per heavy atom. The van der Waals surface area contributed by atoms with E-state index in [4.69, 9.17) is 16.3 Å². The number of aromatic nitrogens is 2. The smallest absolute Gasteiger partial charge is 0.296 e. The van der Waals surface area contributed by atoms with Crippen molar-refractivity contribution in [2.45, 2.75) is 39.5 Å². The van der Waals surface area contributed by atoms with Crippen LogP contribution in [-0.2, 0) is 23.4 Å². The summed E-state index contributed by atoms with van der Waals surface area (Å²) in [4.78, 5) is 29.2. The van der Waals surface area contributed by atoms with E-state index in [1.54, 1.807) is 26.0 Å². The molecule has 2 heterocycles. The molecular weight excluding hydrogens is 358 g/mol. The molecule has 0 radical (unpaired) electrons. The second-order valence-electron chi connectivity index (χ2n) is 6.65. The molecule has 0 saturated heterocycles. The van der Waals surface area contributed by atoms with Crippen molar-refractivity contribution in [1.29, 1.82) is 0 Å². The summed E-state index contributed by atoms with van der Waals surface area (Å²) >= 11 is 6.08. The Hall–Kier alpha value is -2.38. The number of nitrogens with one attached hydrogen (secondary N) is 1. The van der Waals surface area contributed by atoms with Crippen LogP contribution in [-0.4, -0.2) is 27.2 Å². The Bertz CT molecular complexity index is 937. The molecule has 1 aromatic heterocycles. The summed E-state index contributed by atoms with van der Waals surface area (Å²) < 4.78 is 6.97. The first kappa shape index (κ1) is 18.4. The molecule has 0 bridgehead atoms. The van der Waals surface area contributed by atoms with Crippen LogP contribution < -0.4 is 10.9 Å². The highest BCUT2D eigenvalue weighted by Gasteiger charge is 2.34. The molecular formula is C18H20ClN3O4. The van der Waals surface area contributed by atoms with Crippen molar-refractivity contribution < 1.29 is 14.6 Å². The second kappa shape index (κ2) is 6.74. The summed E-state index contributed by atoms with van der Waals surface area (Å²) in [5, 5.41) is 13.4. The third-order valence-electron chi connectivity index (χ3n) is 4.50. The van der Waals surface area contributed by atoms with Crippen LogP contribution in [0.3, 0.4) is 0 Å². The van der Waals surface area contributed by atoms with E-state index < -0.39 is 22.8 Å². The van der Waals surface area contributed by atoms with Crippen molar-refractivity contribution in [2.24, 2.45) is 0 Å². The fourth-order valence-electron chi connectivity index (χ4n) is 2.93. The summed E-state index contributed by atoms with van der Waals surface area (Å²) in [7, 11) is 0. The van der Waals surface area contributed by atoms with Crippen LogP contribution in [0.1, 0.15) is 41.3 Å². The minimum absolute atomic E-state index is 0.199. The molecule has 0 spiro atoms. The van der Waals surface area contributed by atoms with Gasteiger partial charge >= 0.3 is 0 Å². The lowest BCUT2D eigenvalue weighted by atomic mass is 10.1. The van der Waals surface area contributed by atoms with E-state index in [1.807, 2.05) is 13.0 Å². The molecule has 0 unspecified atom stereocenters. The van der Waals surface area contributed by atoms with Crippen LogP contribution in [0.5, 0.6) is 5.75 Å². The van der Waals surface area contributed by atoms with E-state index in [0.717, 1.165) is 11.1 Å². The fraction of sp³-hybridized carbons (Fsp3) is 0.389. The predicted molar refractivity (Wildman–Crippen MR) is 96.5 cm³/mol. The van der Waals surface area contributed by atoms with Gasteiger partial charge < -0.3 is 15.2 Å². The zero-order chi connectivity index (χ0) is 19.1. The number of ether oxygens (including phenoxy) is 1. The topological polar surface area (TPSA) is 93.5 Å². The quantitative estimate of drug-likeness (QED) is 0.854. The maximum absolute atomic E-state index is 12.5. The number of carbonyl (C=O) groups excluding carboxylic acids is 1. The number of hydrogen-bond donors (Lipinski definition) is 2. The van der Waals surface area contributed by atoms with Crippen LogP contribution >= 0.6 is 11.6 Å². The third-order valence-corrected chi connectivity index (χ3v) is 4.91. The Morgan fingerprint density at radius 2 is 2.19 bits per heavy atom. The van der Waals surface area contributed by atoms with Gasteiger partial charge in [-0.15, -0.1) is 0 Å². The van der Waals surface area contributed by atoms with Gasteiger partial charge in [-0.3, -0.25) is 14.2 Å². The average Bonchev–Trinajstić information content (AvgIpc) is 2.59. The van der Waals surface area contributed by atoms with Crippen molar-refractivity contribution in [2.75, 3.05) is 6.61 Å². The molecule has 138 valence electrons. The molecule has 1 aliphatic heterocycles. The number of aromatic hydroxyl groups is 1. The van der Waals surface area contributed by atoms with Gasteiger partial charge in [0, 0.05) is 11.6 Å². The van der Waals surface area contributed by atoms with E-state index in [9.17, 15) is 14.7 Å². The first-order valence-electron chi connectivity index (χ1n) is 8.23. The zero-order valence-corrected chi connectivity index (χ0v) is 15.6. The summed E-state index contributed by atoms with van der Waals surface area (Å²) in [5.74, 6) is -0.980. The highest BCUT2D eigenvalue weighted by Crippen LogP contribution is 2.27. The van der Waals surface area contributed by atoms with Gasteiger partial charge in [0.2, 0.25) is 5.75 Å². The second-order valence-corrected chi connectivity index (χ2v) is 7.06. The number of fused-ring (bicyclic) bond motifs is 1. The number of nitrogens with zero attached hydrogens (tertiary/aromatic N) is 2. The van der Waals surface area contributed by atoms with Gasteiger partial charge in [0.15, 0.2) is 5.69 Å². The van der Waals surface area contributed by atoms with Crippen LogP contribution in [0.25, 0.3) is 0 Å². The summed E-state index contributed by atoms with van der Waals surface area (Å²) in [6, 6.07) is 5.40. The van der Waals surface area contributed by atoms with Crippen molar-refractivity contribution in [1.82, 2.24) is 14.9 Å². The van der Waals surface area contributed by atoms with E-state index in [-0.39, 0.29) is 18.8 Å². The van der Waals surface area contributed by atoms with Crippen LogP contribution in [0, 0.1) is 6.92 Å². The molecule has 3 rings (SSSR count). The van der Waals surface area contributed by atoms with Crippen molar-refractivity contribution in [3.63, 3.8) is 0 Å². The lowest BCUT2D eigenvalue weighted by Crippen LogP contribution is -2.42.